The maximum absolute atomic E-state index is 12.8. The molecule has 0 aliphatic carbocycles. The van der Waals surface area contributed by atoms with Gasteiger partial charge >= 0.3 is 0 Å². The quantitative estimate of drug-likeness (QED) is 0.749. The van der Waals surface area contributed by atoms with E-state index in [2.05, 4.69) is 60.3 Å². The monoisotopic (exact) mass is 362 g/mol. The van der Waals surface area contributed by atoms with E-state index in [9.17, 15) is 4.79 Å². The number of nitrogens with one attached hydrogen (secondary N) is 1. The van der Waals surface area contributed by atoms with Crippen molar-refractivity contribution in [3.8, 4) is 0 Å². The van der Waals surface area contributed by atoms with Crippen molar-refractivity contribution >= 4 is 16.8 Å². The Hall–Kier alpha value is -2.59. The number of nitrogens with zero attached hydrogens (tertiary/aromatic N) is 1. The van der Waals surface area contributed by atoms with Crippen molar-refractivity contribution in [2.45, 2.75) is 44.9 Å². The molecule has 27 heavy (non-hydrogen) atoms. The molecule has 1 aromatic heterocycles. The Morgan fingerprint density at radius 3 is 2.78 bits per heavy atom. The molecule has 1 N–H and O–H groups in total. The normalized spacial score (nSPS) is 19.1. The van der Waals surface area contributed by atoms with Crippen LogP contribution in [0.15, 0.2) is 60.8 Å². The van der Waals surface area contributed by atoms with Crippen LogP contribution < -0.4 is 5.32 Å². The van der Waals surface area contributed by atoms with Crippen LogP contribution in [0.25, 0.3) is 10.9 Å². The second-order valence-electron chi connectivity index (χ2n) is 7.97. The molecule has 2 heterocycles. The van der Waals surface area contributed by atoms with Crippen molar-refractivity contribution in [1.82, 2.24) is 9.88 Å². The van der Waals surface area contributed by atoms with Gasteiger partial charge in [-0.1, -0.05) is 36.4 Å². The lowest BCUT2D eigenvalue weighted by Gasteiger charge is -2.35. The summed E-state index contributed by atoms with van der Waals surface area (Å²) in [6, 6.07) is 18.6. The Bertz CT molecular complexity index is 943. The van der Waals surface area contributed by atoms with Gasteiger partial charge in [0.15, 0.2) is 0 Å². The van der Waals surface area contributed by atoms with Gasteiger partial charge in [0.2, 0.25) is 0 Å². The summed E-state index contributed by atoms with van der Waals surface area (Å²) in [6.45, 7) is 5.64. The molecule has 3 aromatic rings. The van der Waals surface area contributed by atoms with Gasteiger partial charge in [-0.2, -0.15) is 0 Å². The largest absolute Gasteiger partial charge is 0.375 e. The summed E-state index contributed by atoms with van der Waals surface area (Å²) >= 11 is 0. The fourth-order valence-corrected chi connectivity index (χ4v) is 3.87. The predicted octanol–water partition coefficient (Wildman–Crippen LogP) is 4.38. The van der Waals surface area contributed by atoms with E-state index in [1.165, 1.54) is 5.56 Å². The molecule has 4 rings (SSSR count). The van der Waals surface area contributed by atoms with Crippen LogP contribution in [0.4, 0.5) is 0 Å². The summed E-state index contributed by atoms with van der Waals surface area (Å²) in [4.78, 5) is 12.8. The van der Waals surface area contributed by atoms with Crippen LogP contribution in [0.1, 0.15) is 42.6 Å². The average molecular weight is 362 g/mol. The smallest absolute Gasteiger partial charge is 0.251 e. The van der Waals surface area contributed by atoms with Crippen LogP contribution in [-0.4, -0.2) is 28.7 Å². The number of amides is 1. The number of hydrogen-bond acceptors (Lipinski definition) is 2. The summed E-state index contributed by atoms with van der Waals surface area (Å²) in [5.74, 6) is -0.00735. The molecule has 0 spiro atoms. The van der Waals surface area contributed by atoms with E-state index < -0.39 is 0 Å². The highest BCUT2D eigenvalue weighted by Gasteiger charge is 2.29. The van der Waals surface area contributed by atoms with Crippen molar-refractivity contribution in [1.29, 1.82) is 0 Å². The molecule has 1 atom stereocenters. The van der Waals surface area contributed by atoms with Gasteiger partial charge in [-0.05, 0) is 55.8 Å². The highest BCUT2D eigenvalue weighted by molar-refractivity contribution is 5.98. The molecule has 0 bridgehead atoms. The van der Waals surface area contributed by atoms with Crippen molar-refractivity contribution < 1.29 is 9.53 Å². The minimum Gasteiger partial charge on any atom is -0.375 e. The highest BCUT2D eigenvalue weighted by Crippen LogP contribution is 2.25. The van der Waals surface area contributed by atoms with Crippen LogP contribution in [0.3, 0.4) is 0 Å². The van der Waals surface area contributed by atoms with Crippen molar-refractivity contribution in [3.63, 3.8) is 0 Å². The van der Waals surface area contributed by atoms with Crippen LogP contribution >= 0.6 is 0 Å². The van der Waals surface area contributed by atoms with Crippen molar-refractivity contribution in [2.75, 3.05) is 6.61 Å². The summed E-state index contributed by atoms with van der Waals surface area (Å²) in [6.07, 6.45) is 3.79. The molecule has 2 aromatic carbocycles. The Kier molecular flexibility index (Phi) is 4.75. The van der Waals surface area contributed by atoms with Crippen molar-refractivity contribution in [2.24, 2.45) is 0 Å². The van der Waals surface area contributed by atoms with E-state index in [1.54, 1.807) is 0 Å². The lowest BCUT2D eigenvalue weighted by atomic mass is 9.93. The van der Waals surface area contributed by atoms with Gasteiger partial charge in [0.05, 0.1) is 5.60 Å². The third kappa shape index (κ3) is 4.06. The molecule has 1 amide bonds. The van der Waals surface area contributed by atoms with E-state index in [4.69, 9.17) is 4.74 Å². The zero-order valence-corrected chi connectivity index (χ0v) is 15.9. The first-order chi connectivity index (χ1) is 13.0. The number of hydrogen-bond donors (Lipinski definition) is 1. The molecule has 0 saturated carbocycles. The number of carbonyl (C=O) groups is 1. The Labute approximate surface area is 160 Å². The van der Waals surface area contributed by atoms with E-state index in [0.29, 0.717) is 12.2 Å². The second kappa shape index (κ2) is 7.20. The second-order valence-corrected chi connectivity index (χ2v) is 7.97. The van der Waals surface area contributed by atoms with Gasteiger partial charge in [0, 0.05) is 36.5 Å². The molecule has 4 heteroatoms. The fourth-order valence-electron chi connectivity index (χ4n) is 3.87. The number of carbonyl (C=O) groups excluding carboxylic acids is 1. The van der Waals surface area contributed by atoms with Gasteiger partial charge in [-0.3, -0.25) is 4.79 Å². The molecular weight excluding hydrogens is 336 g/mol. The maximum atomic E-state index is 12.8. The van der Waals surface area contributed by atoms with E-state index in [-0.39, 0.29) is 17.6 Å². The zero-order valence-electron chi connectivity index (χ0n) is 15.9. The molecule has 1 aliphatic heterocycles. The van der Waals surface area contributed by atoms with Gasteiger partial charge in [0.25, 0.3) is 5.91 Å². The molecule has 1 aliphatic rings. The number of ether oxygens (including phenoxy) is 1. The lowest BCUT2D eigenvalue weighted by Crippen LogP contribution is -2.45. The molecule has 4 nitrogen and oxygen atoms in total. The van der Waals surface area contributed by atoms with Gasteiger partial charge < -0.3 is 14.6 Å². The number of fused-ring (bicyclic) bond motifs is 1. The third-order valence-corrected chi connectivity index (χ3v) is 5.26. The van der Waals surface area contributed by atoms with E-state index in [0.717, 1.165) is 30.3 Å². The number of benzene rings is 2. The van der Waals surface area contributed by atoms with E-state index in [1.807, 2.05) is 24.3 Å². The fraction of sp³-hybridized carbons (Fsp3) is 0.348. The number of aromatic nitrogens is 1. The van der Waals surface area contributed by atoms with Gasteiger partial charge in [-0.25, -0.2) is 0 Å². The zero-order chi connectivity index (χ0) is 18.9. The molecule has 1 unspecified atom stereocenters. The van der Waals surface area contributed by atoms with Crippen LogP contribution in [0.2, 0.25) is 0 Å². The van der Waals surface area contributed by atoms with E-state index >= 15 is 0 Å². The molecule has 1 fully saturated rings. The van der Waals surface area contributed by atoms with Gasteiger partial charge in [-0.15, -0.1) is 0 Å². The summed E-state index contributed by atoms with van der Waals surface area (Å²) in [7, 11) is 0. The molecule has 1 saturated heterocycles. The summed E-state index contributed by atoms with van der Waals surface area (Å²) in [5, 5.41) is 4.34. The summed E-state index contributed by atoms with van der Waals surface area (Å²) < 4.78 is 7.94. The Morgan fingerprint density at radius 1 is 1.19 bits per heavy atom. The molecular formula is C23H26N2O2. The number of rotatable bonds is 4. The minimum absolute atomic E-state index is 0.00735. The topological polar surface area (TPSA) is 43.3 Å². The standard InChI is InChI=1S/C23H26N2O2/c1-23(2)15-20(11-13-27-23)24-22(26)19-9-8-18-10-12-25(21(18)14-19)16-17-6-4-3-5-7-17/h3-10,12,14,20H,11,13,15-16H2,1-2H3,(H,24,26). The Balaban J connectivity index is 1.54. The Morgan fingerprint density at radius 2 is 2.00 bits per heavy atom. The first-order valence-electron chi connectivity index (χ1n) is 9.58. The third-order valence-electron chi connectivity index (χ3n) is 5.26. The minimum atomic E-state index is -0.176. The van der Waals surface area contributed by atoms with Crippen molar-refractivity contribution in [3.05, 3.63) is 71.9 Å². The summed E-state index contributed by atoms with van der Waals surface area (Å²) in [5.41, 5.74) is 2.86. The predicted molar refractivity (Wildman–Crippen MR) is 108 cm³/mol. The lowest BCUT2D eigenvalue weighted by molar-refractivity contribution is -0.0615. The first kappa shape index (κ1) is 17.8. The SMILES string of the molecule is CC1(C)CC(NC(=O)c2ccc3ccn(Cc4ccccc4)c3c2)CCO1. The van der Waals surface area contributed by atoms with Crippen LogP contribution in [0.5, 0.6) is 0 Å². The molecule has 0 radical (unpaired) electrons. The highest BCUT2D eigenvalue weighted by atomic mass is 16.5. The van der Waals surface area contributed by atoms with Crippen LogP contribution in [-0.2, 0) is 11.3 Å². The average Bonchev–Trinajstić information content (AvgIpc) is 3.04. The van der Waals surface area contributed by atoms with Crippen LogP contribution in [0, 0.1) is 0 Å². The first-order valence-corrected chi connectivity index (χ1v) is 9.58. The maximum Gasteiger partial charge on any atom is 0.251 e. The molecule has 140 valence electrons. The van der Waals surface area contributed by atoms with Gasteiger partial charge in [0.1, 0.15) is 0 Å².